The van der Waals surface area contributed by atoms with Gasteiger partial charge in [-0.05, 0) is 56.3 Å². The van der Waals surface area contributed by atoms with Gasteiger partial charge in [0.05, 0.1) is 0 Å². The quantitative estimate of drug-likeness (QED) is 0.903. The molecule has 2 N–H and O–H groups in total. The maximum Gasteiger partial charge on any atom is 0.123 e. The molecule has 0 aromatic heterocycles. The van der Waals surface area contributed by atoms with E-state index in [9.17, 15) is 4.39 Å². The Hall–Kier alpha value is -0.930. The van der Waals surface area contributed by atoms with Gasteiger partial charge in [0.25, 0.3) is 0 Å². The summed E-state index contributed by atoms with van der Waals surface area (Å²) in [5, 5.41) is 0. The molecule has 0 radical (unpaired) electrons. The molecule has 1 aromatic carbocycles. The van der Waals surface area contributed by atoms with Gasteiger partial charge in [0.2, 0.25) is 0 Å². The van der Waals surface area contributed by atoms with E-state index in [2.05, 4.69) is 18.7 Å². The van der Waals surface area contributed by atoms with E-state index in [1.165, 1.54) is 18.4 Å². The second-order valence-electron chi connectivity index (χ2n) is 5.70. The minimum Gasteiger partial charge on any atom is -0.330 e. The predicted molar refractivity (Wildman–Crippen MR) is 77.4 cm³/mol. The highest BCUT2D eigenvalue weighted by atomic mass is 19.1. The van der Waals surface area contributed by atoms with Crippen molar-refractivity contribution >= 4 is 0 Å². The molecular weight excluding hydrogens is 239 g/mol. The first-order chi connectivity index (χ1) is 9.15. The lowest BCUT2D eigenvalue weighted by Crippen LogP contribution is -2.45. The van der Waals surface area contributed by atoms with Crippen molar-refractivity contribution in [2.45, 2.75) is 45.2 Å². The van der Waals surface area contributed by atoms with E-state index >= 15 is 0 Å². The molecule has 3 atom stereocenters. The van der Waals surface area contributed by atoms with Crippen molar-refractivity contribution in [3.63, 3.8) is 0 Å². The lowest BCUT2D eigenvalue weighted by atomic mass is 9.90. The third-order valence-electron chi connectivity index (χ3n) is 4.40. The smallest absolute Gasteiger partial charge is 0.123 e. The fourth-order valence-corrected chi connectivity index (χ4v) is 3.19. The molecule has 1 fully saturated rings. The maximum absolute atomic E-state index is 13.1. The Labute approximate surface area is 115 Å². The SMILES string of the molecule is CCC(c1ccc(F)cc1)N1CC(CN)CCC1C. The summed E-state index contributed by atoms with van der Waals surface area (Å²) in [5.74, 6) is 0.441. The van der Waals surface area contributed by atoms with Gasteiger partial charge in [-0.15, -0.1) is 0 Å². The average Bonchev–Trinajstić information content (AvgIpc) is 2.43. The first-order valence-electron chi connectivity index (χ1n) is 7.37. The number of rotatable bonds is 4. The van der Waals surface area contributed by atoms with Crippen LogP contribution < -0.4 is 5.73 Å². The predicted octanol–water partition coefficient (Wildman–Crippen LogP) is 3.34. The minimum absolute atomic E-state index is 0.162. The van der Waals surface area contributed by atoms with Crippen LogP contribution in [0.25, 0.3) is 0 Å². The highest BCUT2D eigenvalue weighted by Crippen LogP contribution is 2.32. The topological polar surface area (TPSA) is 29.3 Å². The lowest BCUT2D eigenvalue weighted by Gasteiger charge is -2.42. The van der Waals surface area contributed by atoms with E-state index in [4.69, 9.17) is 5.73 Å². The Kier molecular flexibility index (Phi) is 4.94. The van der Waals surface area contributed by atoms with Crippen LogP contribution in [0.1, 0.15) is 44.7 Å². The number of nitrogens with zero attached hydrogens (tertiary/aromatic N) is 1. The zero-order valence-electron chi connectivity index (χ0n) is 12.0. The van der Waals surface area contributed by atoms with Crippen LogP contribution in [0, 0.1) is 11.7 Å². The molecule has 0 aliphatic carbocycles. The van der Waals surface area contributed by atoms with Gasteiger partial charge < -0.3 is 5.73 Å². The summed E-state index contributed by atoms with van der Waals surface area (Å²) in [4.78, 5) is 2.55. The van der Waals surface area contributed by atoms with Gasteiger partial charge in [-0.1, -0.05) is 19.1 Å². The highest BCUT2D eigenvalue weighted by molar-refractivity contribution is 5.20. The molecule has 3 heteroatoms. The summed E-state index contributed by atoms with van der Waals surface area (Å²) < 4.78 is 13.1. The van der Waals surface area contributed by atoms with Crippen LogP contribution in [0.3, 0.4) is 0 Å². The van der Waals surface area contributed by atoms with Gasteiger partial charge in [-0.25, -0.2) is 4.39 Å². The molecule has 0 saturated carbocycles. The number of halogens is 1. The second-order valence-corrected chi connectivity index (χ2v) is 5.70. The molecule has 1 aliphatic rings. The van der Waals surface area contributed by atoms with Crippen LogP contribution in [-0.4, -0.2) is 24.0 Å². The summed E-state index contributed by atoms with van der Waals surface area (Å²) >= 11 is 0. The van der Waals surface area contributed by atoms with Crippen molar-refractivity contribution < 1.29 is 4.39 Å². The van der Waals surface area contributed by atoms with Crippen molar-refractivity contribution in [2.75, 3.05) is 13.1 Å². The Morgan fingerprint density at radius 3 is 2.58 bits per heavy atom. The number of nitrogens with two attached hydrogens (primary N) is 1. The summed E-state index contributed by atoms with van der Waals surface area (Å²) in [5.41, 5.74) is 7.05. The molecule has 1 aromatic rings. The molecule has 1 aliphatic heterocycles. The first-order valence-corrected chi connectivity index (χ1v) is 7.37. The normalized spacial score (nSPS) is 26.3. The van der Waals surface area contributed by atoms with E-state index in [1.54, 1.807) is 12.1 Å². The number of hydrogen-bond donors (Lipinski definition) is 1. The molecular formula is C16H25FN2. The lowest BCUT2D eigenvalue weighted by molar-refractivity contribution is 0.0711. The highest BCUT2D eigenvalue weighted by Gasteiger charge is 2.30. The Balaban J connectivity index is 2.17. The second kappa shape index (κ2) is 6.49. The van der Waals surface area contributed by atoms with Crippen molar-refractivity contribution in [1.82, 2.24) is 4.90 Å². The third-order valence-corrected chi connectivity index (χ3v) is 4.40. The Morgan fingerprint density at radius 2 is 2.00 bits per heavy atom. The van der Waals surface area contributed by atoms with Gasteiger partial charge in [0.1, 0.15) is 5.82 Å². The van der Waals surface area contributed by atoms with Gasteiger partial charge in [-0.3, -0.25) is 4.90 Å². The molecule has 106 valence electrons. The summed E-state index contributed by atoms with van der Waals surface area (Å²) in [7, 11) is 0. The van der Waals surface area contributed by atoms with E-state index < -0.39 is 0 Å². The number of piperidine rings is 1. The van der Waals surface area contributed by atoms with Crippen molar-refractivity contribution in [3.05, 3.63) is 35.6 Å². The van der Waals surface area contributed by atoms with Crippen LogP contribution in [0.15, 0.2) is 24.3 Å². The molecule has 3 unspecified atom stereocenters. The molecule has 2 nitrogen and oxygen atoms in total. The standard InChI is InChI=1S/C16H25FN2/c1-3-16(14-6-8-15(17)9-7-14)19-11-13(10-18)5-4-12(19)2/h6-9,12-13,16H,3-5,10-11,18H2,1-2H3. The van der Waals surface area contributed by atoms with Gasteiger partial charge in [-0.2, -0.15) is 0 Å². The third kappa shape index (κ3) is 3.34. The summed E-state index contributed by atoms with van der Waals surface area (Å²) in [6, 6.07) is 7.92. The average molecular weight is 264 g/mol. The van der Waals surface area contributed by atoms with E-state index in [0.717, 1.165) is 19.5 Å². The molecule has 0 amide bonds. The molecule has 1 heterocycles. The summed E-state index contributed by atoms with van der Waals surface area (Å²) in [6.07, 6.45) is 3.49. The van der Waals surface area contributed by atoms with Crippen LogP contribution in [0.5, 0.6) is 0 Å². The number of likely N-dealkylation sites (tertiary alicyclic amines) is 1. The molecule has 2 rings (SSSR count). The first kappa shape index (κ1) is 14.5. The van der Waals surface area contributed by atoms with Crippen LogP contribution in [0.2, 0.25) is 0 Å². The van der Waals surface area contributed by atoms with E-state index in [0.29, 0.717) is 18.0 Å². The fourth-order valence-electron chi connectivity index (χ4n) is 3.19. The maximum atomic E-state index is 13.1. The van der Waals surface area contributed by atoms with Gasteiger partial charge in [0.15, 0.2) is 0 Å². The molecule has 0 spiro atoms. The Bertz CT molecular complexity index is 390. The largest absolute Gasteiger partial charge is 0.330 e. The van der Waals surface area contributed by atoms with Gasteiger partial charge in [0, 0.05) is 18.6 Å². The molecule has 0 bridgehead atoms. The summed E-state index contributed by atoms with van der Waals surface area (Å²) in [6.45, 7) is 6.32. The minimum atomic E-state index is -0.162. The van der Waals surface area contributed by atoms with Crippen LogP contribution in [0.4, 0.5) is 4.39 Å². The zero-order valence-corrected chi connectivity index (χ0v) is 12.0. The van der Waals surface area contributed by atoms with Crippen molar-refractivity contribution in [3.8, 4) is 0 Å². The number of hydrogen-bond acceptors (Lipinski definition) is 2. The van der Waals surface area contributed by atoms with Crippen molar-refractivity contribution in [2.24, 2.45) is 11.7 Å². The molecule has 1 saturated heterocycles. The van der Waals surface area contributed by atoms with Crippen LogP contribution in [-0.2, 0) is 0 Å². The Morgan fingerprint density at radius 1 is 1.32 bits per heavy atom. The van der Waals surface area contributed by atoms with Crippen molar-refractivity contribution in [1.29, 1.82) is 0 Å². The monoisotopic (exact) mass is 264 g/mol. The number of benzene rings is 1. The molecule has 19 heavy (non-hydrogen) atoms. The fraction of sp³-hybridized carbons (Fsp3) is 0.625. The zero-order chi connectivity index (χ0) is 13.8. The van der Waals surface area contributed by atoms with E-state index in [1.807, 2.05) is 12.1 Å². The van der Waals surface area contributed by atoms with Crippen LogP contribution >= 0.6 is 0 Å². The van der Waals surface area contributed by atoms with Gasteiger partial charge >= 0.3 is 0 Å². The van der Waals surface area contributed by atoms with E-state index in [-0.39, 0.29) is 5.82 Å².